The van der Waals surface area contributed by atoms with Gasteiger partial charge in [0.25, 0.3) is 0 Å². The van der Waals surface area contributed by atoms with Crippen molar-refractivity contribution in [3.63, 3.8) is 0 Å². The molecule has 0 atom stereocenters. The van der Waals surface area contributed by atoms with Crippen LogP contribution in [0.1, 0.15) is 25.3 Å². The van der Waals surface area contributed by atoms with Gasteiger partial charge in [0.1, 0.15) is 5.75 Å². The van der Waals surface area contributed by atoms with E-state index in [4.69, 9.17) is 9.47 Å². The van der Waals surface area contributed by atoms with Crippen LogP contribution in [-0.4, -0.2) is 39.3 Å². The van der Waals surface area contributed by atoms with Gasteiger partial charge >= 0.3 is 0 Å². The van der Waals surface area contributed by atoms with Gasteiger partial charge in [0.05, 0.1) is 13.2 Å². The van der Waals surface area contributed by atoms with Crippen LogP contribution in [0.2, 0.25) is 0 Å². The Hall–Kier alpha value is -1.59. The van der Waals surface area contributed by atoms with Crippen molar-refractivity contribution in [1.29, 1.82) is 0 Å². The summed E-state index contributed by atoms with van der Waals surface area (Å²) >= 11 is 0. The zero-order chi connectivity index (χ0) is 15.3. The number of hydrogen-bond donors (Lipinski definition) is 2. The number of ether oxygens (including phenoxy) is 2. The molecule has 0 aliphatic carbocycles. The van der Waals surface area contributed by atoms with Crippen molar-refractivity contribution < 1.29 is 14.3 Å². The van der Waals surface area contributed by atoms with Crippen LogP contribution in [0, 0.1) is 0 Å². The first-order valence-corrected chi connectivity index (χ1v) is 7.44. The molecule has 1 aromatic rings. The fourth-order valence-electron chi connectivity index (χ4n) is 1.74. The second kappa shape index (κ2) is 11.1. The molecular weight excluding hydrogens is 268 g/mol. The van der Waals surface area contributed by atoms with E-state index in [1.807, 2.05) is 24.3 Å². The van der Waals surface area contributed by atoms with Crippen molar-refractivity contribution in [3.05, 3.63) is 29.8 Å². The quantitative estimate of drug-likeness (QED) is 0.610. The molecule has 0 radical (unpaired) electrons. The Labute approximate surface area is 127 Å². The predicted octanol–water partition coefficient (Wildman–Crippen LogP) is 1.72. The predicted molar refractivity (Wildman–Crippen MR) is 83.4 cm³/mol. The molecular formula is C16H26N2O3. The lowest BCUT2D eigenvalue weighted by atomic mass is 10.2. The van der Waals surface area contributed by atoms with E-state index in [0.29, 0.717) is 26.1 Å². The first-order chi connectivity index (χ1) is 10.3. The van der Waals surface area contributed by atoms with Gasteiger partial charge in [-0.2, -0.15) is 0 Å². The summed E-state index contributed by atoms with van der Waals surface area (Å²) in [6, 6.07) is 8.03. The van der Waals surface area contributed by atoms with Crippen LogP contribution < -0.4 is 15.4 Å². The summed E-state index contributed by atoms with van der Waals surface area (Å²) in [5, 5.41) is 6.04. The van der Waals surface area contributed by atoms with E-state index in [-0.39, 0.29) is 5.91 Å². The number of methoxy groups -OCH3 is 1. The Morgan fingerprint density at radius 1 is 1.14 bits per heavy atom. The van der Waals surface area contributed by atoms with E-state index in [1.54, 1.807) is 7.11 Å². The van der Waals surface area contributed by atoms with Crippen molar-refractivity contribution in [3.8, 4) is 5.75 Å². The van der Waals surface area contributed by atoms with E-state index in [9.17, 15) is 4.79 Å². The van der Waals surface area contributed by atoms with Crippen LogP contribution in [0.4, 0.5) is 0 Å². The molecule has 0 aliphatic rings. The Morgan fingerprint density at radius 3 is 2.57 bits per heavy atom. The number of carbonyl (C=O) groups excluding carboxylic acids is 1. The van der Waals surface area contributed by atoms with Crippen LogP contribution in [0.3, 0.4) is 0 Å². The van der Waals surface area contributed by atoms with Crippen LogP contribution in [0.15, 0.2) is 24.3 Å². The fraction of sp³-hybridized carbons (Fsp3) is 0.562. The highest BCUT2D eigenvalue weighted by Gasteiger charge is 2.00. The molecule has 0 spiro atoms. The summed E-state index contributed by atoms with van der Waals surface area (Å²) in [4.78, 5) is 11.5. The van der Waals surface area contributed by atoms with E-state index in [0.717, 1.165) is 25.3 Å². The number of carbonyl (C=O) groups is 1. The highest BCUT2D eigenvalue weighted by atomic mass is 16.5. The summed E-state index contributed by atoms with van der Waals surface area (Å²) in [5.74, 6) is 0.945. The molecule has 118 valence electrons. The van der Waals surface area contributed by atoms with Crippen LogP contribution in [0.5, 0.6) is 5.75 Å². The molecule has 1 aromatic carbocycles. The SMILES string of the molecule is CCCOc1ccc(CNCCC(=O)NCCOC)cc1. The van der Waals surface area contributed by atoms with Gasteiger partial charge in [0.15, 0.2) is 0 Å². The Morgan fingerprint density at radius 2 is 1.90 bits per heavy atom. The molecule has 5 heteroatoms. The molecule has 1 amide bonds. The summed E-state index contributed by atoms with van der Waals surface area (Å²) in [5.41, 5.74) is 1.18. The third kappa shape index (κ3) is 8.32. The van der Waals surface area contributed by atoms with E-state index in [1.165, 1.54) is 5.56 Å². The molecule has 0 saturated carbocycles. The van der Waals surface area contributed by atoms with Gasteiger partial charge in [-0.05, 0) is 24.1 Å². The molecule has 21 heavy (non-hydrogen) atoms. The maximum atomic E-state index is 11.5. The molecule has 0 aromatic heterocycles. The first kappa shape index (κ1) is 17.5. The summed E-state index contributed by atoms with van der Waals surface area (Å²) in [6.45, 7) is 5.35. The number of amides is 1. The lowest BCUT2D eigenvalue weighted by Gasteiger charge is -2.08. The molecule has 5 nitrogen and oxygen atoms in total. The van der Waals surface area contributed by atoms with Crippen molar-refractivity contribution in [1.82, 2.24) is 10.6 Å². The average molecular weight is 294 g/mol. The topological polar surface area (TPSA) is 59.6 Å². The van der Waals surface area contributed by atoms with Crippen LogP contribution in [-0.2, 0) is 16.1 Å². The molecule has 0 fully saturated rings. The molecule has 0 aliphatic heterocycles. The minimum Gasteiger partial charge on any atom is -0.494 e. The summed E-state index contributed by atoms with van der Waals surface area (Å²) in [7, 11) is 1.62. The summed E-state index contributed by atoms with van der Waals surface area (Å²) in [6.07, 6.45) is 1.48. The largest absolute Gasteiger partial charge is 0.494 e. The first-order valence-electron chi connectivity index (χ1n) is 7.44. The Bertz CT molecular complexity index is 393. The number of benzene rings is 1. The van der Waals surface area contributed by atoms with Crippen molar-refractivity contribution in [2.45, 2.75) is 26.3 Å². The van der Waals surface area contributed by atoms with Gasteiger partial charge < -0.3 is 20.1 Å². The third-order valence-corrected chi connectivity index (χ3v) is 2.88. The minimum atomic E-state index is 0.0443. The fourth-order valence-corrected chi connectivity index (χ4v) is 1.74. The Kier molecular flexibility index (Phi) is 9.24. The van der Waals surface area contributed by atoms with Gasteiger partial charge in [0.2, 0.25) is 5.91 Å². The molecule has 0 heterocycles. The average Bonchev–Trinajstić information content (AvgIpc) is 2.51. The molecule has 0 saturated heterocycles. The maximum Gasteiger partial charge on any atom is 0.221 e. The van der Waals surface area contributed by atoms with Gasteiger partial charge in [-0.3, -0.25) is 4.79 Å². The van der Waals surface area contributed by atoms with Crippen LogP contribution in [0.25, 0.3) is 0 Å². The van der Waals surface area contributed by atoms with E-state index < -0.39 is 0 Å². The third-order valence-electron chi connectivity index (χ3n) is 2.88. The van der Waals surface area contributed by atoms with Crippen molar-refractivity contribution >= 4 is 5.91 Å². The minimum absolute atomic E-state index is 0.0443. The lowest BCUT2D eigenvalue weighted by molar-refractivity contribution is -0.121. The molecule has 0 unspecified atom stereocenters. The standard InChI is InChI=1S/C16H26N2O3/c1-3-11-21-15-6-4-14(5-7-15)13-17-9-8-16(19)18-10-12-20-2/h4-7,17H,3,8-13H2,1-2H3,(H,18,19). The van der Waals surface area contributed by atoms with Crippen LogP contribution >= 0.6 is 0 Å². The van der Waals surface area contributed by atoms with Gasteiger partial charge in [-0.25, -0.2) is 0 Å². The second-order valence-electron chi connectivity index (χ2n) is 4.76. The van der Waals surface area contributed by atoms with Crippen molar-refractivity contribution in [2.24, 2.45) is 0 Å². The highest BCUT2D eigenvalue weighted by molar-refractivity contribution is 5.76. The smallest absolute Gasteiger partial charge is 0.221 e. The van der Waals surface area contributed by atoms with Crippen molar-refractivity contribution in [2.75, 3.05) is 33.4 Å². The zero-order valence-corrected chi connectivity index (χ0v) is 13.0. The lowest BCUT2D eigenvalue weighted by Crippen LogP contribution is -2.29. The van der Waals surface area contributed by atoms with Gasteiger partial charge in [-0.15, -0.1) is 0 Å². The molecule has 0 bridgehead atoms. The zero-order valence-electron chi connectivity index (χ0n) is 13.0. The maximum absolute atomic E-state index is 11.5. The second-order valence-corrected chi connectivity index (χ2v) is 4.76. The number of rotatable bonds is 11. The normalized spacial score (nSPS) is 10.4. The molecule has 2 N–H and O–H groups in total. The van der Waals surface area contributed by atoms with E-state index in [2.05, 4.69) is 17.6 Å². The summed E-state index contributed by atoms with van der Waals surface area (Å²) < 4.78 is 10.4. The van der Waals surface area contributed by atoms with Gasteiger partial charge in [-0.1, -0.05) is 19.1 Å². The van der Waals surface area contributed by atoms with E-state index >= 15 is 0 Å². The highest BCUT2D eigenvalue weighted by Crippen LogP contribution is 2.12. The monoisotopic (exact) mass is 294 g/mol. The molecule has 1 rings (SSSR count). The van der Waals surface area contributed by atoms with Gasteiger partial charge in [0, 0.05) is 33.2 Å². The number of hydrogen-bond acceptors (Lipinski definition) is 4. The Balaban J connectivity index is 2.13. The number of nitrogens with one attached hydrogen (secondary N) is 2.